The summed E-state index contributed by atoms with van der Waals surface area (Å²) in [6.45, 7) is 7.48. The number of methoxy groups -OCH3 is 3. The van der Waals surface area contributed by atoms with Crippen LogP contribution in [0.5, 0.6) is 17.2 Å². The van der Waals surface area contributed by atoms with Crippen LogP contribution in [0.1, 0.15) is 12.5 Å². The highest BCUT2D eigenvalue weighted by atomic mass is 16.5. The molecule has 8 heteroatoms. The van der Waals surface area contributed by atoms with Crippen molar-refractivity contribution in [1.29, 1.82) is 0 Å². The number of rotatable bonds is 8. The molecule has 0 bridgehead atoms. The molecule has 1 heterocycles. The monoisotopic (exact) mass is 393 g/mol. The van der Waals surface area contributed by atoms with E-state index in [1.165, 1.54) is 0 Å². The molecule has 1 aliphatic rings. The van der Waals surface area contributed by atoms with Crippen molar-refractivity contribution in [3.8, 4) is 17.2 Å². The minimum absolute atomic E-state index is 0.462. The Morgan fingerprint density at radius 2 is 1.75 bits per heavy atom. The largest absolute Gasteiger partial charge is 0.493 e. The van der Waals surface area contributed by atoms with Gasteiger partial charge in [-0.2, -0.15) is 0 Å². The summed E-state index contributed by atoms with van der Waals surface area (Å²) in [5.41, 5.74) is 0.987. The van der Waals surface area contributed by atoms with Crippen LogP contribution < -0.4 is 24.8 Å². The Morgan fingerprint density at radius 3 is 2.32 bits per heavy atom. The molecular weight excluding hydrogens is 358 g/mol. The predicted molar refractivity (Wildman–Crippen MR) is 113 cm³/mol. The van der Waals surface area contributed by atoms with Crippen LogP contribution in [0.25, 0.3) is 0 Å². The second-order valence-electron chi connectivity index (χ2n) is 7.01. The van der Waals surface area contributed by atoms with E-state index < -0.39 is 0 Å². The smallest absolute Gasteiger partial charge is 0.203 e. The lowest BCUT2D eigenvalue weighted by atomic mass is 10.2. The molecule has 158 valence electrons. The highest BCUT2D eigenvalue weighted by Crippen LogP contribution is 2.38. The molecule has 1 aromatic carbocycles. The van der Waals surface area contributed by atoms with Gasteiger partial charge in [0.1, 0.15) is 0 Å². The average molecular weight is 394 g/mol. The van der Waals surface area contributed by atoms with E-state index in [0.717, 1.165) is 44.2 Å². The maximum absolute atomic E-state index is 5.43. The quantitative estimate of drug-likeness (QED) is 0.505. The van der Waals surface area contributed by atoms with Crippen LogP contribution in [-0.2, 0) is 6.54 Å². The minimum atomic E-state index is 0.462. The molecule has 1 atom stereocenters. The Labute approximate surface area is 168 Å². The summed E-state index contributed by atoms with van der Waals surface area (Å²) in [6, 6.07) is 4.32. The first-order valence-corrected chi connectivity index (χ1v) is 9.72. The number of piperazine rings is 1. The number of nitrogens with one attached hydrogen (secondary N) is 2. The zero-order valence-electron chi connectivity index (χ0n) is 18.0. The molecule has 1 aromatic rings. The third-order valence-corrected chi connectivity index (χ3v) is 4.97. The predicted octanol–water partition coefficient (Wildman–Crippen LogP) is 1.01. The third kappa shape index (κ3) is 5.90. The molecule has 0 saturated carbocycles. The normalized spacial score (nSPS) is 18.6. The van der Waals surface area contributed by atoms with E-state index in [9.17, 15) is 0 Å². The summed E-state index contributed by atoms with van der Waals surface area (Å²) in [5.74, 6) is 2.67. The lowest BCUT2D eigenvalue weighted by molar-refractivity contribution is 0.116. The van der Waals surface area contributed by atoms with Crippen LogP contribution in [0.15, 0.2) is 17.1 Å². The van der Waals surface area contributed by atoms with Crippen molar-refractivity contribution < 1.29 is 14.2 Å². The Bertz CT molecular complexity index is 628. The van der Waals surface area contributed by atoms with Crippen LogP contribution in [-0.4, -0.2) is 89.9 Å². The van der Waals surface area contributed by atoms with Gasteiger partial charge in [-0.25, -0.2) is 4.99 Å². The maximum Gasteiger partial charge on any atom is 0.203 e. The highest BCUT2D eigenvalue weighted by molar-refractivity contribution is 5.79. The van der Waals surface area contributed by atoms with Gasteiger partial charge in [0, 0.05) is 38.8 Å². The molecule has 1 unspecified atom stereocenters. The Hall–Kier alpha value is -2.19. The van der Waals surface area contributed by atoms with Gasteiger partial charge in [0.25, 0.3) is 0 Å². The van der Waals surface area contributed by atoms with Crippen LogP contribution >= 0.6 is 0 Å². The Balaban J connectivity index is 2.07. The zero-order valence-corrected chi connectivity index (χ0v) is 18.0. The number of guanidine groups is 1. The van der Waals surface area contributed by atoms with E-state index >= 15 is 0 Å². The summed E-state index contributed by atoms with van der Waals surface area (Å²) >= 11 is 0. The van der Waals surface area contributed by atoms with Crippen LogP contribution in [0.2, 0.25) is 0 Å². The van der Waals surface area contributed by atoms with Crippen molar-refractivity contribution in [2.75, 3.05) is 68.1 Å². The van der Waals surface area contributed by atoms with Crippen molar-refractivity contribution in [3.63, 3.8) is 0 Å². The molecule has 2 N–H and O–H groups in total. The molecule has 0 aliphatic carbocycles. The fourth-order valence-electron chi connectivity index (χ4n) is 3.28. The molecule has 0 spiro atoms. The fraction of sp³-hybridized carbons (Fsp3) is 0.650. The summed E-state index contributed by atoms with van der Waals surface area (Å²) in [6.07, 6.45) is 0. The summed E-state index contributed by atoms with van der Waals surface area (Å²) < 4.78 is 16.2. The van der Waals surface area contributed by atoms with E-state index in [0.29, 0.717) is 29.8 Å². The molecule has 0 radical (unpaired) electrons. The van der Waals surface area contributed by atoms with E-state index in [2.05, 4.69) is 41.5 Å². The number of hydrogen-bond donors (Lipinski definition) is 2. The van der Waals surface area contributed by atoms with Crippen molar-refractivity contribution in [1.82, 2.24) is 20.4 Å². The second-order valence-corrected chi connectivity index (χ2v) is 7.01. The minimum Gasteiger partial charge on any atom is -0.493 e. The van der Waals surface area contributed by atoms with Gasteiger partial charge in [-0.15, -0.1) is 0 Å². The standard InChI is InChI=1S/C20H35N5O3/c1-7-21-20(23-13-16-14-24(2)8-9-25(16)3)22-12-15-10-17(26-4)19(28-6)18(11-15)27-5/h10-11,16H,7-9,12-14H2,1-6H3,(H2,21,22,23). The SMILES string of the molecule is CCNC(=NCc1cc(OC)c(OC)c(OC)c1)NCC1CN(C)CCN1C. The molecule has 8 nitrogen and oxygen atoms in total. The van der Waals surface area contributed by atoms with Crippen molar-refractivity contribution in [2.45, 2.75) is 19.5 Å². The van der Waals surface area contributed by atoms with Gasteiger partial charge in [0.05, 0.1) is 27.9 Å². The number of hydrogen-bond acceptors (Lipinski definition) is 6. The van der Waals surface area contributed by atoms with Crippen LogP contribution in [0, 0.1) is 0 Å². The van der Waals surface area contributed by atoms with Gasteiger partial charge in [0.2, 0.25) is 5.75 Å². The molecule has 1 saturated heterocycles. The first-order valence-electron chi connectivity index (χ1n) is 9.72. The van der Waals surface area contributed by atoms with Crippen molar-refractivity contribution in [3.05, 3.63) is 17.7 Å². The number of benzene rings is 1. The van der Waals surface area contributed by atoms with Gasteiger partial charge in [0.15, 0.2) is 17.5 Å². The number of aliphatic imine (C=N–C) groups is 1. The second kappa shape index (κ2) is 11.0. The molecular formula is C20H35N5O3. The molecule has 2 rings (SSSR count). The topological polar surface area (TPSA) is 70.6 Å². The third-order valence-electron chi connectivity index (χ3n) is 4.97. The zero-order chi connectivity index (χ0) is 20.5. The van der Waals surface area contributed by atoms with Gasteiger partial charge >= 0.3 is 0 Å². The molecule has 1 aliphatic heterocycles. The number of nitrogens with zero attached hydrogens (tertiary/aromatic N) is 3. The molecule has 0 amide bonds. The average Bonchev–Trinajstić information content (AvgIpc) is 2.71. The Kier molecular flexibility index (Phi) is 8.66. The summed E-state index contributed by atoms with van der Waals surface area (Å²) in [7, 11) is 9.19. The lowest BCUT2D eigenvalue weighted by Crippen LogP contribution is -2.55. The van der Waals surface area contributed by atoms with E-state index in [4.69, 9.17) is 19.2 Å². The number of ether oxygens (including phenoxy) is 3. The number of likely N-dealkylation sites (N-methyl/N-ethyl adjacent to an activating group) is 2. The first kappa shape index (κ1) is 22.1. The van der Waals surface area contributed by atoms with Crippen molar-refractivity contribution >= 4 is 5.96 Å². The van der Waals surface area contributed by atoms with Crippen LogP contribution in [0.4, 0.5) is 0 Å². The van der Waals surface area contributed by atoms with Gasteiger partial charge < -0.3 is 29.7 Å². The highest BCUT2D eigenvalue weighted by Gasteiger charge is 2.22. The van der Waals surface area contributed by atoms with Gasteiger partial charge in [-0.05, 0) is 38.7 Å². The first-order chi connectivity index (χ1) is 13.5. The molecule has 28 heavy (non-hydrogen) atoms. The van der Waals surface area contributed by atoms with E-state index in [-0.39, 0.29) is 0 Å². The maximum atomic E-state index is 5.43. The van der Waals surface area contributed by atoms with Gasteiger partial charge in [-0.3, -0.25) is 4.90 Å². The van der Waals surface area contributed by atoms with E-state index in [1.54, 1.807) is 21.3 Å². The van der Waals surface area contributed by atoms with E-state index in [1.807, 2.05) is 12.1 Å². The van der Waals surface area contributed by atoms with Crippen molar-refractivity contribution in [2.24, 2.45) is 4.99 Å². The fourth-order valence-corrected chi connectivity index (χ4v) is 3.28. The van der Waals surface area contributed by atoms with Gasteiger partial charge in [-0.1, -0.05) is 0 Å². The summed E-state index contributed by atoms with van der Waals surface area (Å²) in [5, 5.41) is 6.79. The molecule has 1 fully saturated rings. The lowest BCUT2D eigenvalue weighted by Gasteiger charge is -2.37. The summed E-state index contributed by atoms with van der Waals surface area (Å²) in [4.78, 5) is 9.49. The Morgan fingerprint density at radius 1 is 1.07 bits per heavy atom. The molecule has 0 aromatic heterocycles. The van der Waals surface area contributed by atoms with Crippen LogP contribution in [0.3, 0.4) is 0 Å².